The van der Waals surface area contributed by atoms with Gasteiger partial charge in [0.25, 0.3) is 0 Å². The maximum absolute atomic E-state index is 11.5. The highest BCUT2D eigenvalue weighted by atomic mass is 32.1. The Kier molecular flexibility index (Phi) is 4.06. The molecular formula is C16H23NO3S. The number of hydrogen-bond donors (Lipinski definition) is 1. The quantitative estimate of drug-likeness (QED) is 0.887. The molecule has 3 rings (SSSR count). The van der Waals surface area contributed by atoms with Crippen molar-refractivity contribution < 1.29 is 14.6 Å². The van der Waals surface area contributed by atoms with Crippen molar-refractivity contribution in [2.75, 3.05) is 6.61 Å². The number of carboxylic acid groups (broad SMARTS) is 1. The van der Waals surface area contributed by atoms with Crippen LogP contribution in [-0.2, 0) is 10.3 Å². The van der Waals surface area contributed by atoms with Crippen LogP contribution < -0.4 is 0 Å². The first-order chi connectivity index (χ1) is 10.1. The number of rotatable bonds is 5. The largest absolute Gasteiger partial charge is 0.477 e. The molecule has 4 nitrogen and oxygen atoms in total. The van der Waals surface area contributed by atoms with Crippen molar-refractivity contribution in [3.8, 4) is 0 Å². The molecular weight excluding hydrogens is 286 g/mol. The van der Waals surface area contributed by atoms with E-state index in [0.29, 0.717) is 23.3 Å². The van der Waals surface area contributed by atoms with E-state index >= 15 is 0 Å². The summed E-state index contributed by atoms with van der Waals surface area (Å²) >= 11 is 1.35. The van der Waals surface area contributed by atoms with E-state index in [1.807, 2.05) is 6.92 Å². The van der Waals surface area contributed by atoms with E-state index in [1.165, 1.54) is 17.8 Å². The summed E-state index contributed by atoms with van der Waals surface area (Å²) in [7, 11) is 0. The molecule has 2 aliphatic carbocycles. The molecule has 1 heterocycles. The number of aromatic nitrogens is 1. The first kappa shape index (κ1) is 15.0. The van der Waals surface area contributed by atoms with Gasteiger partial charge in [0.2, 0.25) is 0 Å². The lowest BCUT2D eigenvalue weighted by molar-refractivity contribution is -0.0821. The van der Waals surface area contributed by atoms with Crippen LogP contribution in [0, 0.1) is 5.92 Å². The molecule has 2 unspecified atom stereocenters. The summed E-state index contributed by atoms with van der Waals surface area (Å²) in [6.45, 7) is 4.91. The van der Waals surface area contributed by atoms with Gasteiger partial charge in [-0.15, -0.1) is 11.3 Å². The molecule has 0 spiro atoms. The Morgan fingerprint density at radius 1 is 1.48 bits per heavy atom. The van der Waals surface area contributed by atoms with E-state index in [-0.39, 0.29) is 5.60 Å². The summed E-state index contributed by atoms with van der Waals surface area (Å²) in [5, 5.41) is 10.3. The third-order valence-corrected chi connectivity index (χ3v) is 5.82. The lowest BCUT2D eigenvalue weighted by atomic mass is 9.79. The highest BCUT2D eigenvalue weighted by Crippen LogP contribution is 2.48. The summed E-state index contributed by atoms with van der Waals surface area (Å²) < 4.78 is 6.13. The van der Waals surface area contributed by atoms with E-state index < -0.39 is 5.97 Å². The minimum absolute atomic E-state index is 0.353. The summed E-state index contributed by atoms with van der Waals surface area (Å²) in [4.78, 5) is 16.7. The van der Waals surface area contributed by atoms with Gasteiger partial charge in [0, 0.05) is 12.5 Å². The molecule has 21 heavy (non-hydrogen) atoms. The normalized spacial score (nSPS) is 29.5. The van der Waals surface area contributed by atoms with Gasteiger partial charge in [-0.25, -0.2) is 9.78 Å². The first-order valence-corrected chi connectivity index (χ1v) is 8.76. The average Bonchev–Trinajstić information content (AvgIpc) is 3.17. The summed E-state index contributed by atoms with van der Waals surface area (Å²) in [6.07, 6.45) is 6.41. The van der Waals surface area contributed by atoms with Crippen LogP contribution in [0.25, 0.3) is 0 Å². The molecule has 0 saturated heterocycles. The van der Waals surface area contributed by atoms with Crippen LogP contribution in [0.1, 0.15) is 78.7 Å². The van der Waals surface area contributed by atoms with Gasteiger partial charge in [-0.05, 0) is 44.9 Å². The predicted octanol–water partition coefficient (Wildman–Crippen LogP) is 4.16. The number of nitrogens with zero attached hydrogens (tertiary/aromatic N) is 1. The number of carbonyl (C=O) groups is 1. The Morgan fingerprint density at radius 2 is 2.24 bits per heavy atom. The second-order valence-electron chi connectivity index (χ2n) is 6.44. The highest BCUT2D eigenvalue weighted by molar-refractivity contribution is 7.13. The van der Waals surface area contributed by atoms with Gasteiger partial charge in [-0.3, -0.25) is 0 Å². The molecule has 2 aliphatic rings. The van der Waals surface area contributed by atoms with Crippen LogP contribution in [0.4, 0.5) is 0 Å². The molecule has 2 atom stereocenters. The van der Waals surface area contributed by atoms with E-state index in [2.05, 4.69) is 6.92 Å². The number of aromatic carboxylic acids is 1. The second-order valence-corrected chi connectivity index (χ2v) is 7.44. The van der Waals surface area contributed by atoms with E-state index in [4.69, 9.17) is 9.72 Å². The summed E-state index contributed by atoms with van der Waals surface area (Å²) in [5.74, 6) is 0.129. The van der Waals surface area contributed by atoms with Crippen LogP contribution in [0.3, 0.4) is 0 Å². The molecule has 2 saturated carbocycles. The van der Waals surface area contributed by atoms with Gasteiger partial charge in [-0.1, -0.05) is 13.3 Å². The SMILES string of the molecule is CCOC1(c2nc(C3CC3)c(C(=O)O)s2)CCCC(C)C1. The molecule has 0 bridgehead atoms. The lowest BCUT2D eigenvalue weighted by Crippen LogP contribution is -2.35. The van der Waals surface area contributed by atoms with Crippen LogP contribution in [0.15, 0.2) is 0 Å². The molecule has 2 fully saturated rings. The topological polar surface area (TPSA) is 59.4 Å². The molecule has 1 aromatic heterocycles. The van der Waals surface area contributed by atoms with E-state index in [9.17, 15) is 9.90 Å². The van der Waals surface area contributed by atoms with Gasteiger partial charge in [-0.2, -0.15) is 0 Å². The Labute approximate surface area is 129 Å². The van der Waals surface area contributed by atoms with Gasteiger partial charge in [0.15, 0.2) is 0 Å². The van der Waals surface area contributed by atoms with Crippen molar-refractivity contribution in [1.82, 2.24) is 4.98 Å². The molecule has 0 aromatic carbocycles. The van der Waals surface area contributed by atoms with Crippen LogP contribution in [-0.4, -0.2) is 22.7 Å². The Hall–Kier alpha value is -0.940. The maximum atomic E-state index is 11.5. The smallest absolute Gasteiger partial charge is 0.347 e. The van der Waals surface area contributed by atoms with Gasteiger partial charge in [0.1, 0.15) is 15.5 Å². The average molecular weight is 309 g/mol. The summed E-state index contributed by atoms with van der Waals surface area (Å²) in [5.41, 5.74) is 0.453. The predicted molar refractivity (Wildman–Crippen MR) is 82.0 cm³/mol. The molecule has 5 heteroatoms. The van der Waals surface area contributed by atoms with E-state index in [1.54, 1.807) is 0 Å². The molecule has 116 valence electrons. The second kappa shape index (κ2) is 5.69. The zero-order valence-electron chi connectivity index (χ0n) is 12.7. The zero-order valence-corrected chi connectivity index (χ0v) is 13.5. The standard InChI is InChI=1S/C16H23NO3S/c1-3-20-16(8-4-5-10(2)9-16)15-17-12(11-6-7-11)13(21-15)14(18)19/h10-11H,3-9H2,1-2H3,(H,18,19). The van der Waals surface area contributed by atoms with Crippen molar-refractivity contribution in [2.24, 2.45) is 5.92 Å². The van der Waals surface area contributed by atoms with E-state index in [0.717, 1.165) is 42.8 Å². The number of hydrogen-bond acceptors (Lipinski definition) is 4. The Bertz CT molecular complexity index is 534. The first-order valence-electron chi connectivity index (χ1n) is 7.94. The van der Waals surface area contributed by atoms with Crippen LogP contribution >= 0.6 is 11.3 Å². The fourth-order valence-electron chi connectivity index (χ4n) is 3.48. The molecule has 0 amide bonds. The molecule has 0 radical (unpaired) electrons. The number of ether oxygens (including phenoxy) is 1. The van der Waals surface area contributed by atoms with Crippen molar-refractivity contribution in [1.29, 1.82) is 0 Å². The van der Waals surface area contributed by atoms with Gasteiger partial charge < -0.3 is 9.84 Å². The third-order valence-electron chi connectivity index (χ3n) is 4.58. The van der Waals surface area contributed by atoms with Crippen molar-refractivity contribution in [3.63, 3.8) is 0 Å². The van der Waals surface area contributed by atoms with Gasteiger partial charge >= 0.3 is 5.97 Å². The molecule has 0 aliphatic heterocycles. The minimum atomic E-state index is -0.837. The molecule has 1 aromatic rings. The zero-order chi connectivity index (χ0) is 15.0. The minimum Gasteiger partial charge on any atom is -0.477 e. The fraction of sp³-hybridized carbons (Fsp3) is 0.750. The molecule has 1 N–H and O–H groups in total. The number of thiazole rings is 1. The summed E-state index contributed by atoms with van der Waals surface area (Å²) in [6, 6.07) is 0. The van der Waals surface area contributed by atoms with Crippen molar-refractivity contribution in [2.45, 2.75) is 63.9 Å². The van der Waals surface area contributed by atoms with Crippen LogP contribution in [0.5, 0.6) is 0 Å². The Morgan fingerprint density at radius 3 is 2.81 bits per heavy atom. The van der Waals surface area contributed by atoms with Crippen molar-refractivity contribution in [3.05, 3.63) is 15.6 Å². The monoisotopic (exact) mass is 309 g/mol. The van der Waals surface area contributed by atoms with Crippen molar-refractivity contribution >= 4 is 17.3 Å². The highest BCUT2D eigenvalue weighted by Gasteiger charge is 2.42. The van der Waals surface area contributed by atoms with Crippen LogP contribution in [0.2, 0.25) is 0 Å². The lowest BCUT2D eigenvalue weighted by Gasteiger charge is -2.38. The number of carboxylic acids is 1. The maximum Gasteiger partial charge on any atom is 0.347 e. The van der Waals surface area contributed by atoms with Gasteiger partial charge in [0.05, 0.1) is 5.69 Å². The third kappa shape index (κ3) is 2.86. The Balaban J connectivity index is 1.99. The fourth-order valence-corrected chi connectivity index (χ4v) is 4.65.